The van der Waals surface area contributed by atoms with Crippen LogP contribution < -0.4 is 15.9 Å². The van der Waals surface area contributed by atoms with Crippen molar-refractivity contribution in [1.29, 1.82) is 0 Å². The molecule has 7 rings (SSSR count). The Morgan fingerprint density at radius 3 is 1.82 bits per heavy atom. The van der Waals surface area contributed by atoms with Crippen LogP contribution in [-0.2, 0) is 0 Å². The SMILES string of the molecule is CCCC1CC2CC[C@@H]3[C@H](CC[C@]4(C)[C@@H]([C@H](C)CCCC(C)C)CC[C@@H]34)[C@@]2(C)C([P+](c2ccccc2)(c2ccccc2)c2ccccc2)C1. The van der Waals surface area contributed by atoms with Gasteiger partial charge in [-0.25, -0.2) is 0 Å². The molecule has 0 bridgehead atoms. The Kier molecular flexibility index (Phi) is 10.6. The molecule has 0 spiro atoms. The van der Waals surface area contributed by atoms with Crippen LogP contribution in [-0.4, -0.2) is 5.66 Å². The molecule has 1 heteroatoms. The molecule has 3 aromatic rings. The minimum atomic E-state index is -2.00. The summed E-state index contributed by atoms with van der Waals surface area (Å²) >= 11 is 0. The third-order valence-electron chi connectivity index (χ3n) is 15.7. The van der Waals surface area contributed by atoms with Crippen LogP contribution in [0.25, 0.3) is 0 Å². The Balaban J connectivity index is 1.34. The first-order valence-electron chi connectivity index (χ1n) is 20.8. The maximum atomic E-state index is 2.90. The summed E-state index contributed by atoms with van der Waals surface area (Å²) in [6.45, 7) is 15.6. The smallest absolute Gasteiger partial charge is 0.0654 e. The van der Waals surface area contributed by atoms with Gasteiger partial charge in [0.25, 0.3) is 0 Å². The third kappa shape index (κ3) is 6.11. The fourth-order valence-corrected chi connectivity index (χ4v) is 19.4. The standard InChI is InChI=1S/C48H68P/c1-7-18-37-33-38-27-28-42-44-30-29-43(36(4)20-17-19-35(2)3)47(44,5)32-31-45(42)48(38,6)46(34-37)49(39-21-11-8-12-22-39,40-23-13-9-14-24-40)41-25-15-10-16-26-41/h8-16,21-26,35-38,42-46H,7,17-20,27-34H2,1-6H3/q+1/t36-,37?,38?,42+,43-,44+,45+,46?,47-,48+/m1/s1. The lowest BCUT2D eigenvalue weighted by Crippen LogP contribution is -2.61. The summed E-state index contributed by atoms with van der Waals surface area (Å²) in [5.41, 5.74) is 1.57. The molecule has 10 atom stereocenters. The van der Waals surface area contributed by atoms with Gasteiger partial charge in [-0.15, -0.1) is 0 Å². The average Bonchev–Trinajstić information content (AvgIpc) is 3.48. The van der Waals surface area contributed by atoms with Gasteiger partial charge in [0.1, 0.15) is 23.2 Å². The van der Waals surface area contributed by atoms with Crippen LogP contribution in [0.15, 0.2) is 91.0 Å². The highest BCUT2D eigenvalue weighted by Crippen LogP contribution is 2.76. The van der Waals surface area contributed by atoms with Crippen LogP contribution >= 0.6 is 7.26 Å². The number of fused-ring (bicyclic) bond motifs is 5. The van der Waals surface area contributed by atoms with Crippen LogP contribution in [0.1, 0.15) is 125 Å². The highest BCUT2D eigenvalue weighted by atomic mass is 31.2. The molecular formula is C48H68P+. The lowest BCUT2D eigenvalue weighted by Gasteiger charge is -2.64. The molecule has 0 aromatic heterocycles. The van der Waals surface area contributed by atoms with Gasteiger partial charge in [-0.05, 0) is 141 Å². The van der Waals surface area contributed by atoms with E-state index in [0.717, 1.165) is 47.3 Å². The first kappa shape index (κ1) is 35.5. The Hall–Kier alpha value is -1.91. The quantitative estimate of drug-likeness (QED) is 0.177. The van der Waals surface area contributed by atoms with Gasteiger partial charge in [0.05, 0.1) is 5.66 Å². The maximum absolute atomic E-state index is 2.90. The van der Waals surface area contributed by atoms with E-state index >= 15 is 0 Å². The van der Waals surface area contributed by atoms with Crippen molar-refractivity contribution in [3.63, 3.8) is 0 Å². The van der Waals surface area contributed by atoms with Crippen molar-refractivity contribution in [2.75, 3.05) is 0 Å². The summed E-state index contributed by atoms with van der Waals surface area (Å²) in [6, 6.07) is 36.0. The zero-order valence-corrected chi connectivity index (χ0v) is 32.9. The molecule has 3 aromatic carbocycles. The average molecular weight is 676 g/mol. The molecule has 4 aliphatic rings. The van der Waals surface area contributed by atoms with E-state index in [1.807, 2.05) is 0 Å². The van der Waals surface area contributed by atoms with E-state index in [1.54, 1.807) is 15.9 Å². The van der Waals surface area contributed by atoms with Crippen molar-refractivity contribution in [2.45, 2.75) is 131 Å². The largest absolute Gasteiger partial charge is 0.115 e. The van der Waals surface area contributed by atoms with Gasteiger partial charge in [-0.3, -0.25) is 0 Å². The molecule has 0 heterocycles. The molecule has 0 radical (unpaired) electrons. The second-order valence-electron chi connectivity index (χ2n) is 18.4. The predicted octanol–water partition coefficient (Wildman–Crippen LogP) is 12.5. The molecule has 3 unspecified atom stereocenters. The summed E-state index contributed by atoms with van der Waals surface area (Å²) in [6.07, 6.45) is 18.7. The van der Waals surface area contributed by atoms with Gasteiger partial charge in [0.15, 0.2) is 0 Å². The molecular weight excluding hydrogens is 608 g/mol. The zero-order valence-electron chi connectivity index (χ0n) is 32.0. The fraction of sp³-hybridized carbons (Fsp3) is 0.625. The molecule has 4 aliphatic carbocycles. The number of benzene rings is 3. The molecule has 0 amide bonds. The van der Waals surface area contributed by atoms with Crippen molar-refractivity contribution in [1.82, 2.24) is 0 Å². The number of hydrogen-bond donors (Lipinski definition) is 0. The zero-order chi connectivity index (χ0) is 34.2. The first-order valence-corrected chi connectivity index (χ1v) is 22.7. The Morgan fingerprint density at radius 1 is 0.673 bits per heavy atom. The van der Waals surface area contributed by atoms with E-state index in [-0.39, 0.29) is 0 Å². The summed E-state index contributed by atoms with van der Waals surface area (Å²) < 4.78 is 0. The second-order valence-corrected chi connectivity index (χ2v) is 22.0. The molecule has 4 fully saturated rings. The van der Waals surface area contributed by atoms with E-state index in [1.165, 1.54) is 83.5 Å². The minimum Gasteiger partial charge on any atom is -0.0654 e. The highest BCUT2D eigenvalue weighted by molar-refractivity contribution is 7.96. The van der Waals surface area contributed by atoms with E-state index < -0.39 is 7.26 Å². The molecule has 0 aliphatic heterocycles. The highest BCUT2D eigenvalue weighted by Gasteiger charge is 2.69. The summed E-state index contributed by atoms with van der Waals surface area (Å²) in [7, 11) is -2.00. The van der Waals surface area contributed by atoms with E-state index in [4.69, 9.17) is 0 Å². The minimum absolute atomic E-state index is 0.352. The summed E-state index contributed by atoms with van der Waals surface area (Å²) in [5.74, 6) is 7.01. The fourth-order valence-electron chi connectivity index (χ4n) is 13.6. The molecule has 264 valence electrons. The van der Waals surface area contributed by atoms with Gasteiger partial charge >= 0.3 is 0 Å². The summed E-state index contributed by atoms with van der Waals surface area (Å²) in [4.78, 5) is 0. The van der Waals surface area contributed by atoms with E-state index in [2.05, 4.69) is 133 Å². The van der Waals surface area contributed by atoms with Crippen LogP contribution in [0.5, 0.6) is 0 Å². The van der Waals surface area contributed by atoms with Crippen molar-refractivity contribution in [2.24, 2.45) is 58.2 Å². The second kappa shape index (κ2) is 14.6. The lowest BCUT2D eigenvalue weighted by atomic mass is 9.43. The lowest BCUT2D eigenvalue weighted by molar-refractivity contribution is -0.119. The molecule has 49 heavy (non-hydrogen) atoms. The Labute approximate surface area is 302 Å². The van der Waals surface area contributed by atoms with Crippen molar-refractivity contribution in [3.8, 4) is 0 Å². The van der Waals surface area contributed by atoms with Crippen LogP contribution in [0.4, 0.5) is 0 Å². The van der Waals surface area contributed by atoms with Gasteiger partial charge in [0, 0.05) is 5.41 Å². The maximum Gasteiger partial charge on any atom is 0.115 e. The first-order chi connectivity index (χ1) is 23.7. The topological polar surface area (TPSA) is 0 Å². The van der Waals surface area contributed by atoms with Crippen LogP contribution in [0.2, 0.25) is 0 Å². The van der Waals surface area contributed by atoms with Crippen LogP contribution in [0, 0.1) is 58.2 Å². The number of hydrogen-bond acceptors (Lipinski definition) is 0. The molecule has 0 N–H and O–H groups in total. The monoisotopic (exact) mass is 676 g/mol. The van der Waals surface area contributed by atoms with Gasteiger partial charge in [-0.1, -0.05) is 128 Å². The van der Waals surface area contributed by atoms with Gasteiger partial charge in [0.2, 0.25) is 0 Å². The molecule has 0 nitrogen and oxygen atoms in total. The van der Waals surface area contributed by atoms with Gasteiger partial charge in [-0.2, -0.15) is 0 Å². The van der Waals surface area contributed by atoms with E-state index in [9.17, 15) is 0 Å². The van der Waals surface area contributed by atoms with E-state index in [0.29, 0.717) is 16.5 Å². The number of rotatable bonds is 11. The van der Waals surface area contributed by atoms with Crippen LogP contribution in [0.3, 0.4) is 0 Å². The summed E-state index contributed by atoms with van der Waals surface area (Å²) in [5, 5.41) is 4.86. The Bertz CT molecular complexity index is 1380. The molecule has 0 saturated heterocycles. The third-order valence-corrected chi connectivity index (χ3v) is 20.8. The normalized spacial score (nSPS) is 35.0. The predicted molar refractivity (Wildman–Crippen MR) is 216 cm³/mol. The van der Waals surface area contributed by atoms with Crippen molar-refractivity contribution < 1.29 is 0 Å². The van der Waals surface area contributed by atoms with Gasteiger partial charge < -0.3 is 0 Å². The van der Waals surface area contributed by atoms with Crippen molar-refractivity contribution >= 4 is 23.2 Å². The molecule has 4 saturated carbocycles. The van der Waals surface area contributed by atoms with Crippen molar-refractivity contribution in [3.05, 3.63) is 91.0 Å². The Morgan fingerprint density at radius 2 is 1.27 bits per heavy atom.